The van der Waals surface area contributed by atoms with Crippen molar-refractivity contribution in [2.24, 2.45) is 11.1 Å². The lowest BCUT2D eigenvalue weighted by atomic mass is 9.76. The predicted octanol–water partition coefficient (Wildman–Crippen LogP) is 1.89. The molecular formula is C16H31N3O. The zero-order valence-electron chi connectivity index (χ0n) is 13.0. The first-order valence-electron chi connectivity index (χ1n) is 8.40. The SMILES string of the molecule is CCCNC(=O)CC(CN)N1CCC2(CCCC2)CC1. The first-order chi connectivity index (χ1) is 9.69. The van der Waals surface area contributed by atoms with E-state index in [1.807, 2.05) is 0 Å². The lowest BCUT2D eigenvalue weighted by molar-refractivity contribution is -0.122. The number of carbonyl (C=O) groups excluding carboxylic acids is 1. The quantitative estimate of drug-likeness (QED) is 0.781. The molecule has 1 saturated heterocycles. The monoisotopic (exact) mass is 281 g/mol. The van der Waals surface area contributed by atoms with Gasteiger partial charge in [0.2, 0.25) is 5.91 Å². The third-order valence-corrected chi connectivity index (χ3v) is 5.30. The van der Waals surface area contributed by atoms with Gasteiger partial charge in [-0.15, -0.1) is 0 Å². The summed E-state index contributed by atoms with van der Waals surface area (Å²) in [6.45, 7) is 5.70. The summed E-state index contributed by atoms with van der Waals surface area (Å²) in [5, 5.41) is 2.96. The summed E-state index contributed by atoms with van der Waals surface area (Å²) >= 11 is 0. The van der Waals surface area contributed by atoms with E-state index in [1.54, 1.807) is 0 Å². The zero-order valence-corrected chi connectivity index (χ0v) is 13.0. The first kappa shape index (κ1) is 15.8. The maximum Gasteiger partial charge on any atom is 0.221 e. The maximum atomic E-state index is 11.9. The van der Waals surface area contributed by atoms with Crippen LogP contribution in [-0.2, 0) is 4.79 Å². The van der Waals surface area contributed by atoms with Crippen molar-refractivity contribution in [1.29, 1.82) is 0 Å². The highest BCUT2D eigenvalue weighted by Gasteiger charge is 2.38. The molecule has 116 valence electrons. The Balaban J connectivity index is 1.79. The molecular weight excluding hydrogens is 250 g/mol. The maximum absolute atomic E-state index is 11.9. The molecule has 1 unspecified atom stereocenters. The highest BCUT2D eigenvalue weighted by Crippen LogP contribution is 2.46. The van der Waals surface area contributed by atoms with Crippen molar-refractivity contribution in [3.8, 4) is 0 Å². The van der Waals surface area contributed by atoms with Crippen LogP contribution in [0.5, 0.6) is 0 Å². The van der Waals surface area contributed by atoms with Gasteiger partial charge in [-0.3, -0.25) is 9.69 Å². The molecule has 0 aromatic heterocycles. The van der Waals surface area contributed by atoms with Crippen LogP contribution in [0, 0.1) is 5.41 Å². The third-order valence-electron chi connectivity index (χ3n) is 5.30. The average Bonchev–Trinajstić information content (AvgIpc) is 2.92. The second-order valence-corrected chi connectivity index (χ2v) is 6.69. The summed E-state index contributed by atoms with van der Waals surface area (Å²) < 4.78 is 0. The highest BCUT2D eigenvalue weighted by atomic mass is 16.1. The predicted molar refractivity (Wildman–Crippen MR) is 82.5 cm³/mol. The summed E-state index contributed by atoms with van der Waals surface area (Å²) in [4.78, 5) is 14.3. The molecule has 4 heteroatoms. The summed E-state index contributed by atoms with van der Waals surface area (Å²) in [5.74, 6) is 0.156. The summed E-state index contributed by atoms with van der Waals surface area (Å²) in [6, 6.07) is 0.227. The van der Waals surface area contributed by atoms with Crippen molar-refractivity contribution in [1.82, 2.24) is 10.2 Å². The fourth-order valence-corrected chi connectivity index (χ4v) is 3.90. The number of amides is 1. The number of nitrogens with one attached hydrogen (secondary N) is 1. The van der Waals surface area contributed by atoms with Gasteiger partial charge < -0.3 is 11.1 Å². The van der Waals surface area contributed by atoms with Gasteiger partial charge in [0, 0.05) is 25.6 Å². The Morgan fingerprint density at radius 1 is 1.25 bits per heavy atom. The van der Waals surface area contributed by atoms with Crippen LogP contribution in [0.2, 0.25) is 0 Å². The molecule has 0 radical (unpaired) electrons. The van der Waals surface area contributed by atoms with E-state index in [0.29, 0.717) is 18.4 Å². The molecule has 1 heterocycles. The van der Waals surface area contributed by atoms with E-state index in [2.05, 4.69) is 17.1 Å². The van der Waals surface area contributed by atoms with Crippen LogP contribution in [0.25, 0.3) is 0 Å². The van der Waals surface area contributed by atoms with Crippen LogP contribution in [0.1, 0.15) is 58.3 Å². The number of hydrogen-bond donors (Lipinski definition) is 2. The van der Waals surface area contributed by atoms with Crippen molar-refractivity contribution in [3.05, 3.63) is 0 Å². The van der Waals surface area contributed by atoms with Gasteiger partial charge in [-0.25, -0.2) is 0 Å². The van der Waals surface area contributed by atoms with E-state index in [-0.39, 0.29) is 11.9 Å². The van der Waals surface area contributed by atoms with Crippen molar-refractivity contribution < 1.29 is 4.79 Å². The van der Waals surface area contributed by atoms with Gasteiger partial charge in [0.15, 0.2) is 0 Å². The Morgan fingerprint density at radius 2 is 1.90 bits per heavy atom. The van der Waals surface area contributed by atoms with E-state index in [4.69, 9.17) is 5.73 Å². The molecule has 2 rings (SSSR count). The van der Waals surface area contributed by atoms with Gasteiger partial charge in [0.25, 0.3) is 0 Å². The molecule has 2 fully saturated rings. The Morgan fingerprint density at radius 3 is 2.45 bits per heavy atom. The summed E-state index contributed by atoms with van der Waals surface area (Å²) in [5.41, 5.74) is 6.54. The van der Waals surface area contributed by atoms with Gasteiger partial charge >= 0.3 is 0 Å². The van der Waals surface area contributed by atoms with Crippen molar-refractivity contribution in [2.45, 2.75) is 64.3 Å². The molecule has 1 saturated carbocycles. The molecule has 20 heavy (non-hydrogen) atoms. The number of piperidine rings is 1. The van der Waals surface area contributed by atoms with Crippen molar-refractivity contribution >= 4 is 5.91 Å². The van der Waals surface area contributed by atoms with Gasteiger partial charge in [-0.1, -0.05) is 19.8 Å². The normalized spacial score (nSPS) is 23.9. The minimum atomic E-state index is 0.156. The van der Waals surface area contributed by atoms with Gasteiger partial charge in [-0.05, 0) is 50.6 Å². The highest BCUT2D eigenvalue weighted by molar-refractivity contribution is 5.76. The molecule has 1 amide bonds. The number of rotatable bonds is 6. The molecule has 0 aromatic rings. The number of nitrogens with two attached hydrogens (primary N) is 1. The van der Waals surface area contributed by atoms with Crippen LogP contribution >= 0.6 is 0 Å². The molecule has 0 aromatic carbocycles. The van der Waals surface area contributed by atoms with Crippen LogP contribution in [0.3, 0.4) is 0 Å². The summed E-state index contributed by atoms with van der Waals surface area (Å²) in [6.07, 6.45) is 9.84. The molecule has 1 spiro atoms. The van der Waals surface area contributed by atoms with Crippen molar-refractivity contribution in [2.75, 3.05) is 26.2 Å². The average molecular weight is 281 g/mol. The molecule has 1 aliphatic carbocycles. The van der Waals surface area contributed by atoms with Crippen LogP contribution in [-0.4, -0.2) is 43.0 Å². The molecule has 3 N–H and O–H groups in total. The molecule has 2 aliphatic rings. The van der Waals surface area contributed by atoms with E-state index >= 15 is 0 Å². The fourth-order valence-electron chi connectivity index (χ4n) is 3.90. The zero-order chi connectivity index (χ0) is 14.4. The lowest BCUT2D eigenvalue weighted by Crippen LogP contribution is -2.49. The minimum absolute atomic E-state index is 0.156. The topological polar surface area (TPSA) is 58.4 Å². The van der Waals surface area contributed by atoms with Crippen LogP contribution in [0.4, 0.5) is 0 Å². The van der Waals surface area contributed by atoms with Crippen molar-refractivity contribution in [3.63, 3.8) is 0 Å². The Bertz CT molecular complexity index is 303. The molecule has 0 bridgehead atoms. The third kappa shape index (κ3) is 3.95. The van der Waals surface area contributed by atoms with Crippen LogP contribution < -0.4 is 11.1 Å². The number of nitrogens with zero attached hydrogens (tertiary/aromatic N) is 1. The minimum Gasteiger partial charge on any atom is -0.356 e. The van der Waals surface area contributed by atoms with Gasteiger partial charge in [-0.2, -0.15) is 0 Å². The Labute approximate surface area is 123 Å². The Hall–Kier alpha value is -0.610. The number of hydrogen-bond acceptors (Lipinski definition) is 3. The first-order valence-corrected chi connectivity index (χ1v) is 8.40. The molecule has 4 nitrogen and oxygen atoms in total. The molecule has 1 aliphatic heterocycles. The summed E-state index contributed by atoms with van der Waals surface area (Å²) in [7, 11) is 0. The second-order valence-electron chi connectivity index (χ2n) is 6.69. The van der Waals surface area contributed by atoms with Gasteiger partial charge in [0.1, 0.15) is 0 Å². The largest absolute Gasteiger partial charge is 0.356 e. The van der Waals surface area contributed by atoms with E-state index in [9.17, 15) is 4.79 Å². The fraction of sp³-hybridized carbons (Fsp3) is 0.938. The van der Waals surface area contributed by atoms with E-state index in [1.165, 1.54) is 38.5 Å². The van der Waals surface area contributed by atoms with E-state index < -0.39 is 0 Å². The number of likely N-dealkylation sites (tertiary alicyclic amines) is 1. The molecule has 1 atom stereocenters. The van der Waals surface area contributed by atoms with Gasteiger partial charge in [0.05, 0.1) is 0 Å². The van der Waals surface area contributed by atoms with E-state index in [0.717, 1.165) is 26.1 Å². The van der Waals surface area contributed by atoms with Crippen LogP contribution in [0.15, 0.2) is 0 Å². The smallest absolute Gasteiger partial charge is 0.221 e. The standard InChI is InChI=1S/C16H31N3O/c1-2-9-18-15(20)12-14(13-17)19-10-7-16(8-11-19)5-3-4-6-16/h14H,2-13,17H2,1H3,(H,18,20). The Kier molecular flexibility index (Phi) is 5.85. The lowest BCUT2D eigenvalue weighted by Gasteiger charge is -2.42. The number of carbonyl (C=O) groups is 1. The second kappa shape index (κ2) is 7.41.